The number of benzene rings is 1. The summed E-state index contributed by atoms with van der Waals surface area (Å²) in [6.45, 7) is 4.12. The molecule has 1 heterocycles. The first-order valence-electron chi connectivity index (χ1n) is 5.66. The molecule has 0 fully saturated rings. The van der Waals surface area contributed by atoms with E-state index in [9.17, 15) is 8.78 Å². The van der Waals surface area contributed by atoms with Crippen LogP contribution in [-0.2, 0) is 6.54 Å². The van der Waals surface area contributed by atoms with Crippen molar-refractivity contribution in [1.82, 2.24) is 10.5 Å². The van der Waals surface area contributed by atoms with Crippen LogP contribution in [0, 0.1) is 18.6 Å². The van der Waals surface area contributed by atoms with E-state index in [2.05, 4.69) is 10.5 Å². The molecule has 0 aliphatic rings. The molecule has 1 aromatic heterocycles. The van der Waals surface area contributed by atoms with Crippen LogP contribution in [0.2, 0.25) is 0 Å². The molecule has 1 atom stereocenters. The van der Waals surface area contributed by atoms with E-state index in [-0.39, 0.29) is 6.04 Å². The molecular formula is C13H14F2N2O. The van der Waals surface area contributed by atoms with Crippen molar-refractivity contribution >= 4 is 0 Å². The number of hydrogen-bond donors (Lipinski definition) is 1. The van der Waals surface area contributed by atoms with Crippen LogP contribution in [0.5, 0.6) is 0 Å². The molecule has 18 heavy (non-hydrogen) atoms. The van der Waals surface area contributed by atoms with Crippen LogP contribution >= 0.6 is 0 Å². The second-order valence-corrected chi connectivity index (χ2v) is 4.24. The summed E-state index contributed by atoms with van der Waals surface area (Å²) in [5.41, 5.74) is 1.36. The first-order chi connectivity index (χ1) is 8.54. The van der Waals surface area contributed by atoms with Gasteiger partial charge >= 0.3 is 0 Å². The van der Waals surface area contributed by atoms with Gasteiger partial charge in [0.05, 0.1) is 12.2 Å². The van der Waals surface area contributed by atoms with E-state index in [1.54, 1.807) is 0 Å². The molecule has 0 aliphatic heterocycles. The summed E-state index contributed by atoms with van der Waals surface area (Å²) in [6, 6.07) is 5.11. The van der Waals surface area contributed by atoms with Crippen LogP contribution in [0.1, 0.15) is 30.0 Å². The first-order valence-corrected chi connectivity index (χ1v) is 5.66. The zero-order valence-corrected chi connectivity index (χ0v) is 10.2. The monoisotopic (exact) mass is 252 g/mol. The minimum absolute atomic E-state index is 0.180. The van der Waals surface area contributed by atoms with Crippen LogP contribution < -0.4 is 5.32 Å². The Morgan fingerprint density at radius 2 is 1.89 bits per heavy atom. The van der Waals surface area contributed by atoms with Crippen molar-refractivity contribution in [3.63, 3.8) is 0 Å². The van der Waals surface area contributed by atoms with E-state index in [0.717, 1.165) is 11.8 Å². The lowest BCUT2D eigenvalue weighted by atomic mass is 10.1. The van der Waals surface area contributed by atoms with Crippen molar-refractivity contribution in [2.24, 2.45) is 0 Å². The molecule has 0 saturated heterocycles. The summed E-state index contributed by atoms with van der Waals surface area (Å²) in [5.74, 6) is -0.459. The Kier molecular flexibility index (Phi) is 3.72. The molecule has 96 valence electrons. The van der Waals surface area contributed by atoms with Crippen molar-refractivity contribution in [2.75, 3.05) is 0 Å². The van der Waals surface area contributed by atoms with E-state index in [0.29, 0.717) is 17.9 Å². The summed E-state index contributed by atoms with van der Waals surface area (Å²) in [7, 11) is 0. The molecule has 3 nitrogen and oxygen atoms in total. The average Bonchev–Trinajstić information content (AvgIpc) is 2.70. The number of nitrogens with zero attached hydrogens (tertiary/aromatic N) is 1. The zero-order chi connectivity index (χ0) is 13.1. The highest BCUT2D eigenvalue weighted by atomic mass is 19.1. The predicted molar refractivity (Wildman–Crippen MR) is 62.9 cm³/mol. The van der Waals surface area contributed by atoms with Gasteiger partial charge in [-0.1, -0.05) is 5.16 Å². The molecule has 0 bridgehead atoms. The van der Waals surface area contributed by atoms with Crippen molar-refractivity contribution < 1.29 is 13.3 Å². The maximum absolute atomic E-state index is 13.1. The van der Waals surface area contributed by atoms with Gasteiger partial charge in [0.2, 0.25) is 0 Å². The highest BCUT2D eigenvalue weighted by Crippen LogP contribution is 2.16. The van der Waals surface area contributed by atoms with Gasteiger partial charge in [0.25, 0.3) is 0 Å². The second-order valence-electron chi connectivity index (χ2n) is 4.24. The van der Waals surface area contributed by atoms with Gasteiger partial charge in [-0.25, -0.2) is 8.78 Å². The third-order valence-electron chi connectivity index (χ3n) is 2.64. The van der Waals surface area contributed by atoms with Crippen LogP contribution in [0.3, 0.4) is 0 Å². The molecule has 0 aliphatic carbocycles. The first kappa shape index (κ1) is 12.7. The average molecular weight is 252 g/mol. The fourth-order valence-electron chi connectivity index (χ4n) is 1.70. The Bertz CT molecular complexity index is 519. The topological polar surface area (TPSA) is 38.1 Å². The van der Waals surface area contributed by atoms with Crippen LogP contribution in [-0.4, -0.2) is 5.16 Å². The number of rotatable bonds is 4. The molecule has 0 radical (unpaired) electrons. The van der Waals surface area contributed by atoms with Gasteiger partial charge in [-0.15, -0.1) is 0 Å². The Labute approximate surface area is 104 Å². The molecule has 1 aromatic carbocycles. The van der Waals surface area contributed by atoms with Gasteiger partial charge < -0.3 is 9.84 Å². The van der Waals surface area contributed by atoms with Crippen LogP contribution in [0.25, 0.3) is 0 Å². The second kappa shape index (κ2) is 5.27. The van der Waals surface area contributed by atoms with Gasteiger partial charge in [0.1, 0.15) is 11.6 Å². The highest BCUT2D eigenvalue weighted by molar-refractivity contribution is 5.21. The summed E-state index contributed by atoms with van der Waals surface area (Å²) in [4.78, 5) is 0. The fraction of sp³-hybridized carbons (Fsp3) is 0.308. The largest absolute Gasteiger partial charge is 0.360 e. The minimum atomic E-state index is -0.575. The Morgan fingerprint density at radius 3 is 2.44 bits per heavy atom. The number of hydrogen-bond acceptors (Lipinski definition) is 3. The van der Waals surface area contributed by atoms with Crippen molar-refractivity contribution in [3.05, 3.63) is 52.9 Å². The SMILES string of the molecule is Cc1cc(CNC(C)c2cc(F)cc(F)c2)on1. The molecular weight excluding hydrogens is 238 g/mol. The van der Waals surface area contributed by atoms with E-state index >= 15 is 0 Å². The van der Waals surface area contributed by atoms with E-state index in [4.69, 9.17) is 4.52 Å². The molecule has 0 amide bonds. The lowest BCUT2D eigenvalue weighted by Crippen LogP contribution is -2.18. The smallest absolute Gasteiger partial charge is 0.150 e. The lowest BCUT2D eigenvalue weighted by Gasteiger charge is -2.13. The third kappa shape index (κ3) is 3.13. The quantitative estimate of drug-likeness (QED) is 0.908. The normalized spacial score (nSPS) is 12.7. The molecule has 0 saturated carbocycles. The van der Waals surface area contributed by atoms with Gasteiger partial charge in [-0.05, 0) is 31.5 Å². The Balaban J connectivity index is 2.01. The molecule has 0 spiro atoms. The number of halogens is 2. The lowest BCUT2D eigenvalue weighted by molar-refractivity contribution is 0.363. The summed E-state index contributed by atoms with van der Waals surface area (Å²) < 4.78 is 31.2. The van der Waals surface area contributed by atoms with Crippen molar-refractivity contribution in [2.45, 2.75) is 26.4 Å². The molecule has 2 aromatic rings. The van der Waals surface area contributed by atoms with Gasteiger partial charge in [0.15, 0.2) is 5.76 Å². The van der Waals surface area contributed by atoms with Crippen LogP contribution in [0.15, 0.2) is 28.8 Å². The molecule has 1 N–H and O–H groups in total. The highest BCUT2D eigenvalue weighted by Gasteiger charge is 2.09. The fourth-order valence-corrected chi connectivity index (χ4v) is 1.70. The van der Waals surface area contributed by atoms with Gasteiger partial charge in [-0.2, -0.15) is 0 Å². The van der Waals surface area contributed by atoms with Crippen molar-refractivity contribution in [3.8, 4) is 0 Å². The van der Waals surface area contributed by atoms with Crippen molar-refractivity contribution in [1.29, 1.82) is 0 Å². The minimum Gasteiger partial charge on any atom is -0.360 e. The third-order valence-corrected chi connectivity index (χ3v) is 2.64. The number of aryl methyl sites for hydroxylation is 1. The van der Waals surface area contributed by atoms with E-state index < -0.39 is 11.6 Å². The summed E-state index contributed by atoms with van der Waals surface area (Å²) in [6.07, 6.45) is 0. The van der Waals surface area contributed by atoms with Gasteiger partial charge in [0, 0.05) is 18.2 Å². The predicted octanol–water partition coefficient (Wildman–Crippen LogP) is 3.11. The Hall–Kier alpha value is -1.75. The maximum Gasteiger partial charge on any atom is 0.150 e. The zero-order valence-electron chi connectivity index (χ0n) is 10.2. The van der Waals surface area contributed by atoms with E-state index in [1.165, 1.54) is 12.1 Å². The summed E-state index contributed by atoms with van der Waals surface area (Å²) >= 11 is 0. The maximum atomic E-state index is 13.1. The van der Waals surface area contributed by atoms with Crippen LogP contribution in [0.4, 0.5) is 8.78 Å². The molecule has 5 heteroatoms. The summed E-state index contributed by atoms with van der Waals surface area (Å²) in [5, 5.41) is 6.88. The molecule has 1 unspecified atom stereocenters. The molecule has 2 rings (SSSR count). The Morgan fingerprint density at radius 1 is 1.22 bits per heavy atom. The number of aromatic nitrogens is 1. The number of nitrogens with one attached hydrogen (secondary N) is 1. The van der Waals surface area contributed by atoms with Gasteiger partial charge in [-0.3, -0.25) is 0 Å². The standard InChI is InChI=1S/C13H14F2N2O/c1-8-3-13(18-17-8)7-16-9(2)10-4-11(14)6-12(15)5-10/h3-6,9,16H,7H2,1-2H3. The van der Waals surface area contributed by atoms with E-state index in [1.807, 2.05) is 19.9 Å².